The Morgan fingerprint density at radius 3 is 2.31 bits per heavy atom. The van der Waals surface area contributed by atoms with E-state index < -0.39 is 9.84 Å². The van der Waals surface area contributed by atoms with Gasteiger partial charge in [0.1, 0.15) is 9.84 Å². The zero-order valence-corrected chi connectivity index (χ0v) is 9.19. The average molecular weight is 203 g/mol. The Bertz CT molecular complexity index is 276. The maximum Gasteiger partial charge on any atom is 0.148 e. The fourth-order valence-corrected chi connectivity index (χ4v) is 2.23. The molecule has 2 unspecified atom stereocenters. The first kappa shape index (κ1) is 12.5. The minimum Gasteiger partial charge on any atom is -0.310 e. The van der Waals surface area contributed by atoms with E-state index in [-0.39, 0.29) is 17.8 Å². The molecule has 0 bridgehead atoms. The summed E-state index contributed by atoms with van der Waals surface area (Å²) in [5.74, 6) is 2.68. The summed E-state index contributed by atoms with van der Waals surface area (Å²) in [4.78, 5) is 0. The zero-order chi connectivity index (χ0) is 10.5. The summed E-state index contributed by atoms with van der Waals surface area (Å²) < 4.78 is 21.8. The molecule has 0 rings (SSSR count). The number of terminal acetylenes is 1. The van der Waals surface area contributed by atoms with Crippen LogP contribution in [-0.4, -0.2) is 32.5 Å². The molecule has 0 aromatic carbocycles. The third kappa shape index (κ3) is 7.82. The molecule has 0 radical (unpaired) electrons. The first-order chi connectivity index (χ1) is 5.85. The number of hydrogen-bond acceptors (Lipinski definition) is 3. The van der Waals surface area contributed by atoms with Crippen molar-refractivity contribution in [2.45, 2.75) is 32.4 Å². The van der Waals surface area contributed by atoms with Crippen molar-refractivity contribution in [3.05, 3.63) is 0 Å². The molecule has 0 aliphatic carbocycles. The molecule has 0 heterocycles. The molecule has 0 saturated heterocycles. The molecule has 2 atom stereocenters. The summed E-state index contributed by atoms with van der Waals surface area (Å²) in [5, 5.41) is 3.12. The summed E-state index contributed by atoms with van der Waals surface area (Å²) in [6.07, 6.45) is 6.98. The van der Waals surface area contributed by atoms with Gasteiger partial charge in [-0.25, -0.2) is 8.42 Å². The van der Waals surface area contributed by atoms with Gasteiger partial charge in [-0.3, -0.25) is 0 Å². The van der Waals surface area contributed by atoms with E-state index in [1.165, 1.54) is 6.26 Å². The predicted molar refractivity (Wildman–Crippen MR) is 55.2 cm³/mol. The Morgan fingerprint density at radius 1 is 1.38 bits per heavy atom. The maximum atomic E-state index is 10.9. The van der Waals surface area contributed by atoms with Crippen molar-refractivity contribution in [3.63, 3.8) is 0 Å². The molecule has 0 aromatic heterocycles. The van der Waals surface area contributed by atoms with Crippen molar-refractivity contribution in [1.29, 1.82) is 0 Å². The molecule has 0 amide bonds. The number of sulfone groups is 1. The van der Waals surface area contributed by atoms with Gasteiger partial charge in [0.05, 0.1) is 5.75 Å². The van der Waals surface area contributed by atoms with Crippen LogP contribution in [-0.2, 0) is 9.84 Å². The van der Waals surface area contributed by atoms with Crippen LogP contribution in [0.5, 0.6) is 0 Å². The van der Waals surface area contributed by atoms with Gasteiger partial charge >= 0.3 is 0 Å². The molecule has 0 saturated carbocycles. The van der Waals surface area contributed by atoms with E-state index in [1.807, 2.05) is 13.8 Å². The maximum absolute atomic E-state index is 10.9. The lowest BCUT2D eigenvalue weighted by molar-refractivity contribution is 0.493. The van der Waals surface area contributed by atoms with E-state index in [0.29, 0.717) is 6.42 Å². The number of nitrogens with one attached hydrogen (secondary N) is 1. The molecular formula is C9H17NO2S. The van der Waals surface area contributed by atoms with E-state index in [4.69, 9.17) is 6.42 Å². The van der Waals surface area contributed by atoms with Gasteiger partial charge in [0.15, 0.2) is 0 Å². The van der Waals surface area contributed by atoms with Crippen molar-refractivity contribution in [2.75, 3.05) is 12.0 Å². The summed E-state index contributed by atoms with van der Waals surface area (Å²) in [6.45, 7) is 3.78. The van der Waals surface area contributed by atoms with Crippen molar-refractivity contribution >= 4 is 9.84 Å². The van der Waals surface area contributed by atoms with Gasteiger partial charge in [0.25, 0.3) is 0 Å². The van der Waals surface area contributed by atoms with Crippen LogP contribution in [0.15, 0.2) is 0 Å². The lowest BCUT2D eigenvalue weighted by Gasteiger charge is -2.17. The molecule has 1 N–H and O–H groups in total. The van der Waals surface area contributed by atoms with Gasteiger partial charge in [-0.15, -0.1) is 12.3 Å². The number of rotatable bonds is 5. The first-order valence-electron chi connectivity index (χ1n) is 4.22. The molecule has 0 spiro atoms. The van der Waals surface area contributed by atoms with E-state index in [1.54, 1.807) is 0 Å². The highest BCUT2D eigenvalue weighted by Gasteiger charge is 2.11. The van der Waals surface area contributed by atoms with E-state index in [2.05, 4.69) is 11.2 Å². The number of hydrogen-bond donors (Lipinski definition) is 1. The van der Waals surface area contributed by atoms with Gasteiger partial charge in [-0.1, -0.05) is 0 Å². The summed E-state index contributed by atoms with van der Waals surface area (Å²) in [7, 11) is -2.90. The monoisotopic (exact) mass is 203 g/mol. The second kappa shape index (κ2) is 5.25. The zero-order valence-electron chi connectivity index (χ0n) is 8.37. The fraction of sp³-hybridized carbons (Fsp3) is 0.778. The van der Waals surface area contributed by atoms with Crippen LogP contribution in [0.25, 0.3) is 0 Å². The lowest BCUT2D eigenvalue weighted by Crippen LogP contribution is -2.38. The fourth-order valence-electron chi connectivity index (χ4n) is 1.22. The lowest BCUT2D eigenvalue weighted by atomic mass is 10.2. The second-order valence-corrected chi connectivity index (χ2v) is 5.65. The molecule has 0 aliphatic rings. The smallest absolute Gasteiger partial charge is 0.148 e. The van der Waals surface area contributed by atoms with Crippen LogP contribution in [0.1, 0.15) is 20.3 Å². The summed E-state index contributed by atoms with van der Waals surface area (Å²) in [6, 6.07) is 0.125. The molecule has 3 nitrogen and oxygen atoms in total. The Balaban J connectivity index is 3.89. The molecule has 13 heavy (non-hydrogen) atoms. The van der Waals surface area contributed by atoms with Crippen LogP contribution >= 0.6 is 0 Å². The quantitative estimate of drug-likeness (QED) is 0.659. The Kier molecular flexibility index (Phi) is 5.04. The predicted octanol–water partition coefficient (Wildman–Crippen LogP) is 0.421. The van der Waals surface area contributed by atoms with Crippen molar-refractivity contribution in [2.24, 2.45) is 0 Å². The molecule has 4 heteroatoms. The Hall–Kier alpha value is -0.530. The SMILES string of the molecule is C#CCC(C)NC(C)CS(C)(=O)=O. The molecule has 0 aliphatic heterocycles. The van der Waals surface area contributed by atoms with Gasteiger partial charge in [0, 0.05) is 24.8 Å². The van der Waals surface area contributed by atoms with Crippen LogP contribution in [0.4, 0.5) is 0 Å². The van der Waals surface area contributed by atoms with E-state index in [0.717, 1.165) is 0 Å². The van der Waals surface area contributed by atoms with Gasteiger partial charge < -0.3 is 5.32 Å². The van der Waals surface area contributed by atoms with Crippen LogP contribution in [0.2, 0.25) is 0 Å². The van der Waals surface area contributed by atoms with E-state index in [9.17, 15) is 8.42 Å². The standard InChI is InChI=1S/C9H17NO2S/c1-5-6-8(2)10-9(3)7-13(4,11)12/h1,8-10H,6-7H2,2-4H3. The third-order valence-electron chi connectivity index (χ3n) is 1.55. The minimum absolute atomic E-state index is 0.0432. The first-order valence-corrected chi connectivity index (χ1v) is 6.28. The third-order valence-corrected chi connectivity index (χ3v) is 2.65. The van der Waals surface area contributed by atoms with Crippen molar-refractivity contribution in [3.8, 4) is 12.3 Å². The summed E-state index contributed by atoms with van der Waals surface area (Å²) in [5.41, 5.74) is 0. The van der Waals surface area contributed by atoms with Gasteiger partial charge in [0.2, 0.25) is 0 Å². The molecular weight excluding hydrogens is 186 g/mol. The second-order valence-electron chi connectivity index (χ2n) is 3.47. The molecule has 0 aromatic rings. The normalized spacial score (nSPS) is 16.2. The topological polar surface area (TPSA) is 46.2 Å². The highest BCUT2D eigenvalue weighted by Crippen LogP contribution is 1.95. The highest BCUT2D eigenvalue weighted by molar-refractivity contribution is 7.90. The summed E-state index contributed by atoms with van der Waals surface area (Å²) >= 11 is 0. The van der Waals surface area contributed by atoms with Crippen LogP contribution < -0.4 is 5.32 Å². The Morgan fingerprint density at radius 2 is 1.92 bits per heavy atom. The van der Waals surface area contributed by atoms with Gasteiger partial charge in [-0.2, -0.15) is 0 Å². The minimum atomic E-state index is -2.90. The van der Waals surface area contributed by atoms with Gasteiger partial charge in [-0.05, 0) is 13.8 Å². The Labute approximate surface area is 80.8 Å². The molecule has 0 fully saturated rings. The van der Waals surface area contributed by atoms with Crippen LogP contribution in [0.3, 0.4) is 0 Å². The largest absolute Gasteiger partial charge is 0.310 e. The van der Waals surface area contributed by atoms with Crippen molar-refractivity contribution in [1.82, 2.24) is 5.32 Å². The van der Waals surface area contributed by atoms with Crippen molar-refractivity contribution < 1.29 is 8.42 Å². The highest BCUT2D eigenvalue weighted by atomic mass is 32.2. The van der Waals surface area contributed by atoms with Crippen LogP contribution in [0, 0.1) is 12.3 Å². The average Bonchev–Trinajstić information content (AvgIpc) is 1.81. The van der Waals surface area contributed by atoms with E-state index >= 15 is 0 Å². The molecule has 76 valence electrons.